The number of carboxylic acid groups (broad SMARTS) is 1. The quantitative estimate of drug-likeness (QED) is 0.747. The van der Waals surface area contributed by atoms with Gasteiger partial charge >= 0.3 is 12.1 Å². The van der Waals surface area contributed by atoms with Gasteiger partial charge in [0.2, 0.25) is 0 Å². The molecule has 0 atom stereocenters. The molecule has 0 unspecified atom stereocenters. The number of amides is 1. The first kappa shape index (κ1) is 9.46. The lowest BCUT2D eigenvalue weighted by molar-refractivity contribution is 0.0691. The van der Waals surface area contributed by atoms with Crippen LogP contribution in [0.3, 0.4) is 0 Å². The fourth-order valence-corrected chi connectivity index (χ4v) is 1.24. The van der Waals surface area contributed by atoms with Gasteiger partial charge in [-0.25, -0.2) is 14.6 Å². The van der Waals surface area contributed by atoms with Gasteiger partial charge in [0.25, 0.3) is 0 Å². The van der Waals surface area contributed by atoms with Crippen molar-refractivity contribution in [1.82, 2.24) is 4.98 Å². The molecule has 0 aliphatic rings. The number of carbonyl (C=O) groups excluding carboxylic acids is 1. The predicted octanol–water partition coefficient (Wildman–Crippen LogP) is 1.02. The van der Waals surface area contributed by atoms with Crippen LogP contribution in [-0.4, -0.2) is 29.3 Å². The SMILES string of the molecule is COC(=O)Nc1nc(C(=O)O)cs1. The highest BCUT2D eigenvalue weighted by atomic mass is 32.1. The standard InChI is InChI=1S/C6H6N2O4S/c1-12-6(11)8-5-7-3(2-13-5)4(9)10/h2H,1H3,(H,9,10)(H,7,8,11). The number of nitrogens with zero attached hydrogens (tertiary/aromatic N) is 1. The number of nitrogens with one attached hydrogen (secondary N) is 1. The fraction of sp³-hybridized carbons (Fsp3) is 0.167. The number of aromatic nitrogens is 1. The third-order valence-electron chi connectivity index (χ3n) is 1.12. The largest absolute Gasteiger partial charge is 0.476 e. The molecule has 1 rings (SSSR count). The Morgan fingerprint density at radius 1 is 1.69 bits per heavy atom. The van der Waals surface area contributed by atoms with Crippen molar-refractivity contribution in [3.8, 4) is 0 Å². The molecule has 13 heavy (non-hydrogen) atoms. The van der Waals surface area contributed by atoms with Crippen molar-refractivity contribution in [2.45, 2.75) is 0 Å². The molecule has 0 aliphatic carbocycles. The van der Waals surface area contributed by atoms with Crippen molar-refractivity contribution in [1.29, 1.82) is 0 Å². The van der Waals surface area contributed by atoms with Crippen molar-refractivity contribution in [3.63, 3.8) is 0 Å². The topological polar surface area (TPSA) is 88.5 Å². The van der Waals surface area contributed by atoms with Crippen molar-refractivity contribution in [3.05, 3.63) is 11.1 Å². The van der Waals surface area contributed by atoms with Crippen molar-refractivity contribution < 1.29 is 19.4 Å². The van der Waals surface area contributed by atoms with Crippen LogP contribution in [0.4, 0.5) is 9.93 Å². The Morgan fingerprint density at radius 2 is 2.38 bits per heavy atom. The van der Waals surface area contributed by atoms with E-state index in [1.165, 1.54) is 12.5 Å². The van der Waals surface area contributed by atoms with E-state index in [9.17, 15) is 9.59 Å². The lowest BCUT2D eigenvalue weighted by Gasteiger charge is -1.96. The highest BCUT2D eigenvalue weighted by molar-refractivity contribution is 7.14. The van der Waals surface area contributed by atoms with Gasteiger partial charge in [-0.1, -0.05) is 0 Å². The summed E-state index contributed by atoms with van der Waals surface area (Å²) in [6, 6.07) is 0. The fourth-order valence-electron chi connectivity index (χ4n) is 0.568. The van der Waals surface area contributed by atoms with Gasteiger partial charge in [-0.05, 0) is 0 Å². The number of anilines is 1. The lowest BCUT2D eigenvalue weighted by atomic mass is 10.5. The highest BCUT2D eigenvalue weighted by Gasteiger charge is 2.10. The Labute approximate surface area is 77.2 Å². The zero-order valence-corrected chi connectivity index (χ0v) is 7.42. The molecular formula is C6H6N2O4S. The Kier molecular flexibility index (Phi) is 2.80. The van der Waals surface area contributed by atoms with Gasteiger partial charge in [0.15, 0.2) is 10.8 Å². The summed E-state index contributed by atoms with van der Waals surface area (Å²) in [5.41, 5.74) is -0.101. The molecule has 0 saturated heterocycles. The molecule has 0 fully saturated rings. The van der Waals surface area contributed by atoms with E-state index in [2.05, 4.69) is 15.0 Å². The third-order valence-corrected chi connectivity index (χ3v) is 1.88. The number of thiazole rings is 1. The predicted molar refractivity (Wildman–Crippen MR) is 45.1 cm³/mol. The maximum absolute atomic E-state index is 10.6. The summed E-state index contributed by atoms with van der Waals surface area (Å²) < 4.78 is 4.29. The molecule has 0 aliphatic heterocycles. The van der Waals surface area contributed by atoms with Crippen LogP contribution in [-0.2, 0) is 4.74 Å². The molecule has 0 aromatic carbocycles. The van der Waals surface area contributed by atoms with Gasteiger partial charge in [-0.2, -0.15) is 0 Å². The minimum Gasteiger partial charge on any atom is -0.476 e. The van der Waals surface area contributed by atoms with E-state index in [1.807, 2.05) is 0 Å². The second-order valence-electron chi connectivity index (χ2n) is 1.96. The molecule has 0 bridgehead atoms. The minimum atomic E-state index is -1.13. The van der Waals surface area contributed by atoms with Gasteiger partial charge in [-0.15, -0.1) is 11.3 Å². The van der Waals surface area contributed by atoms with Crippen LogP contribution in [0.1, 0.15) is 10.5 Å². The van der Waals surface area contributed by atoms with Crippen LogP contribution >= 0.6 is 11.3 Å². The van der Waals surface area contributed by atoms with Crippen molar-refractivity contribution in [2.75, 3.05) is 12.4 Å². The maximum atomic E-state index is 10.6. The lowest BCUT2D eigenvalue weighted by Crippen LogP contribution is -2.10. The van der Waals surface area contributed by atoms with Crippen LogP contribution in [0.25, 0.3) is 0 Å². The Morgan fingerprint density at radius 3 is 2.85 bits per heavy atom. The summed E-state index contributed by atoms with van der Waals surface area (Å²) in [7, 11) is 1.21. The summed E-state index contributed by atoms with van der Waals surface area (Å²) in [6.45, 7) is 0. The zero-order valence-electron chi connectivity index (χ0n) is 6.60. The maximum Gasteiger partial charge on any atom is 0.413 e. The van der Waals surface area contributed by atoms with E-state index in [4.69, 9.17) is 5.11 Å². The molecule has 0 spiro atoms. The summed E-state index contributed by atoms with van der Waals surface area (Å²) in [6.07, 6.45) is -0.675. The first-order valence-electron chi connectivity index (χ1n) is 3.17. The third kappa shape index (κ3) is 2.41. The van der Waals surface area contributed by atoms with E-state index in [1.54, 1.807) is 0 Å². The number of aromatic carboxylic acids is 1. The number of rotatable bonds is 2. The van der Waals surface area contributed by atoms with Crippen molar-refractivity contribution in [2.24, 2.45) is 0 Å². The van der Waals surface area contributed by atoms with Gasteiger partial charge in [0.05, 0.1) is 7.11 Å². The van der Waals surface area contributed by atoms with E-state index in [0.717, 1.165) is 11.3 Å². The molecule has 2 N–H and O–H groups in total. The first-order valence-corrected chi connectivity index (χ1v) is 4.05. The highest BCUT2D eigenvalue weighted by Crippen LogP contribution is 2.15. The normalized spacial score (nSPS) is 9.31. The first-order chi connectivity index (χ1) is 6.13. The van der Waals surface area contributed by atoms with Crippen molar-refractivity contribution >= 4 is 28.5 Å². The average Bonchev–Trinajstić information content (AvgIpc) is 2.52. The average molecular weight is 202 g/mol. The number of methoxy groups -OCH3 is 1. The molecule has 1 heterocycles. The Balaban J connectivity index is 2.69. The van der Waals surface area contributed by atoms with Crippen LogP contribution in [0.15, 0.2) is 5.38 Å². The number of ether oxygens (including phenoxy) is 1. The van der Waals surface area contributed by atoms with E-state index in [-0.39, 0.29) is 10.8 Å². The van der Waals surface area contributed by atoms with Gasteiger partial charge in [0, 0.05) is 5.38 Å². The van der Waals surface area contributed by atoms with Gasteiger partial charge < -0.3 is 9.84 Å². The molecule has 1 amide bonds. The molecule has 7 heteroatoms. The van der Waals surface area contributed by atoms with E-state index >= 15 is 0 Å². The smallest absolute Gasteiger partial charge is 0.413 e. The second kappa shape index (κ2) is 3.85. The number of hydrogen-bond donors (Lipinski definition) is 2. The Bertz CT molecular complexity index is 335. The van der Waals surface area contributed by atoms with E-state index < -0.39 is 12.1 Å². The molecule has 0 saturated carbocycles. The van der Waals surface area contributed by atoms with Gasteiger partial charge in [-0.3, -0.25) is 5.32 Å². The van der Waals surface area contributed by atoms with Crippen LogP contribution < -0.4 is 5.32 Å². The molecule has 0 radical (unpaired) electrons. The van der Waals surface area contributed by atoms with E-state index in [0.29, 0.717) is 0 Å². The summed E-state index contributed by atoms with van der Waals surface area (Å²) >= 11 is 1.02. The van der Waals surface area contributed by atoms with Crippen LogP contribution in [0.5, 0.6) is 0 Å². The number of hydrogen-bond acceptors (Lipinski definition) is 5. The summed E-state index contributed by atoms with van der Waals surface area (Å²) in [4.78, 5) is 24.6. The molecule has 1 aromatic rings. The molecule has 70 valence electrons. The second-order valence-corrected chi connectivity index (χ2v) is 2.82. The Hall–Kier alpha value is -1.63. The monoisotopic (exact) mass is 202 g/mol. The molecule has 6 nitrogen and oxygen atoms in total. The summed E-state index contributed by atoms with van der Waals surface area (Å²) in [5, 5.41) is 12.3. The summed E-state index contributed by atoms with van der Waals surface area (Å²) in [5.74, 6) is -1.13. The number of carbonyl (C=O) groups is 2. The molecule has 1 aromatic heterocycles. The minimum absolute atomic E-state index is 0.101. The van der Waals surface area contributed by atoms with Gasteiger partial charge in [0.1, 0.15) is 0 Å². The zero-order chi connectivity index (χ0) is 9.84. The number of carboxylic acids is 1. The van der Waals surface area contributed by atoms with Crippen LogP contribution in [0.2, 0.25) is 0 Å². The van der Waals surface area contributed by atoms with Crippen LogP contribution in [0, 0.1) is 0 Å². The molecular weight excluding hydrogens is 196 g/mol.